The van der Waals surface area contributed by atoms with Crippen molar-refractivity contribution in [1.29, 1.82) is 0 Å². The first kappa shape index (κ1) is 14.9. The number of carbonyl (C=O) groups excluding carboxylic acids is 3. The van der Waals surface area contributed by atoms with Crippen LogP contribution in [-0.4, -0.2) is 28.4 Å². The molecule has 0 saturated heterocycles. The van der Waals surface area contributed by atoms with Crippen molar-refractivity contribution in [2.45, 2.75) is 24.9 Å². The number of halogens is 3. The van der Waals surface area contributed by atoms with E-state index < -0.39 is 33.2 Å². The fourth-order valence-electron chi connectivity index (χ4n) is 2.35. The van der Waals surface area contributed by atoms with Gasteiger partial charge < -0.3 is 4.74 Å². The summed E-state index contributed by atoms with van der Waals surface area (Å²) in [5, 5.41) is -2.37. The zero-order valence-electron chi connectivity index (χ0n) is 9.04. The summed E-state index contributed by atoms with van der Waals surface area (Å²) in [5.41, 5.74) is -1.55. The molecule has 7 heteroatoms. The standard InChI is InChI=1S/C10H11Cl3O4/c1-17-10(9(13)16)4-2-3-5(7(11)14)6(10)8(12)15/h5-6H,2-4H2,1H3. The van der Waals surface area contributed by atoms with E-state index in [0.29, 0.717) is 12.8 Å². The van der Waals surface area contributed by atoms with Crippen molar-refractivity contribution in [2.75, 3.05) is 7.11 Å². The summed E-state index contributed by atoms with van der Waals surface area (Å²) in [5.74, 6) is -1.96. The summed E-state index contributed by atoms with van der Waals surface area (Å²) in [6, 6.07) is 0. The highest BCUT2D eigenvalue weighted by atomic mass is 35.5. The molecule has 0 amide bonds. The predicted octanol–water partition coefficient (Wildman–Crippen LogP) is 2.08. The van der Waals surface area contributed by atoms with E-state index in [2.05, 4.69) is 0 Å². The quantitative estimate of drug-likeness (QED) is 0.746. The molecule has 0 N–H and O–H groups in total. The predicted molar refractivity (Wildman–Crippen MR) is 63.2 cm³/mol. The molecule has 1 aliphatic rings. The van der Waals surface area contributed by atoms with E-state index in [1.807, 2.05) is 0 Å². The zero-order chi connectivity index (χ0) is 13.2. The van der Waals surface area contributed by atoms with Crippen LogP contribution < -0.4 is 0 Å². The number of hydrogen-bond donors (Lipinski definition) is 0. The highest BCUT2D eigenvalue weighted by Gasteiger charge is 2.55. The number of hydrogen-bond acceptors (Lipinski definition) is 4. The molecular weight excluding hydrogens is 290 g/mol. The Morgan fingerprint density at radius 2 is 1.76 bits per heavy atom. The Balaban J connectivity index is 3.23. The van der Waals surface area contributed by atoms with Crippen LogP contribution in [0.1, 0.15) is 19.3 Å². The van der Waals surface area contributed by atoms with E-state index in [9.17, 15) is 14.4 Å². The van der Waals surface area contributed by atoms with Crippen LogP contribution in [0.15, 0.2) is 0 Å². The van der Waals surface area contributed by atoms with E-state index >= 15 is 0 Å². The summed E-state index contributed by atoms with van der Waals surface area (Å²) in [7, 11) is 1.26. The molecule has 96 valence electrons. The number of ether oxygens (including phenoxy) is 1. The van der Waals surface area contributed by atoms with Gasteiger partial charge in [0.1, 0.15) is 0 Å². The van der Waals surface area contributed by atoms with Crippen molar-refractivity contribution in [2.24, 2.45) is 11.8 Å². The molecule has 4 nitrogen and oxygen atoms in total. The van der Waals surface area contributed by atoms with Crippen molar-refractivity contribution in [3.63, 3.8) is 0 Å². The largest absolute Gasteiger partial charge is 0.368 e. The molecule has 0 bridgehead atoms. The Labute approximate surface area is 114 Å². The molecule has 0 aliphatic heterocycles. The molecule has 0 radical (unpaired) electrons. The van der Waals surface area contributed by atoms with Gasteiger partial charge in [-0.05, 0) is 54.1 Å². The normalized spacial score (nSPS) is 33.2. The van der Waals surface area contributed by atoms with Gasteiger partial charge in [0.25, 0.3) is 5.24 Å². The lowest BCUT2D eigenvalue weighted by Crippen LogP contribution is -2.54. The summed E-state index contributed by atoms with van der Waals surface area (Å²) >= 11 is 16.4. The highest BCUT2D eigenvalue weighted by Crippen LogP contribution is 2.43. The van der Waals surface area contributed by atoms with Crippen LogP contribution in [0.4, 0.5) is 0 Å². The second kappa shape index (κ2) is 5.65. The van der Waals surface area contributed by atoms with Gasteiger partial charge in [-0.3, -0.25) is 14.4 Å². The van der Waals surface area contributed by atoms with Gasteiger partial charge >= 0.3 is 0 Å². The Morgan fingerprint density at radius 1 is 1.18 bits per heavy atom. The molecule has 1 aliphatic carbocycles. The van der Waals surface area contributed by atoms with E-state index in [-0.39, 0.29) is 6.42 Å². The van der Waals surface area contributed by atoms with Gasteiger partial charge in [0.15, 0.2) is 5.60 Å². The van der Waals surface area contributed by atoms with E-state index in [0.717, 1.165) is 0 Å². The van der Waals surface area contributed by atoms with Gasteiger partial charge in [-0.1, -0.05) is 0 Å². The van der Waals surface area contributed by atoms with Crippen LogP contribution in [0.5, 0.6) is 0 Å². The summed E-state index contributed by atoms with van der Waals surface area (Å²) in [4.78, 5) is 34.3. The molecule has 1 rings (SSSR count). The lowest BCUT2D eigenvalue weighted by Gasteiger charge is -2.41. The Hall–Kier alpha value is -0.160. The first-order valence-electron chi connectivity index (χ1n) is 5.00. The molecule has 0 heterocycles. The minimum absolute atomic E-state index is 0.246. The Morgan fingerprint density at radius 3 is 2.12 bits per heavy atom. The van der Waals surface area contributed by atoms with Crippen molar-refractivity contribution >= 4 is 50.5 Å². The number of rotatable bonds is 4. The fraction of sp³-hybridized carbons (Fsp3) is 0.700. The smallest absolute Gasteiger partial charge is 0.254 e. The lowest BCUT2D eigenvalue weighted by molar-refractivity contribution is -0.158. The van der Waals surface area contributed by atoms with Gasteiger partial charge in [-0.15, -0.1) is 0 Å². The van der Waals surface area contributed by atoms with Crippen molar-refractivity contribution in [3.05, 3.63) is 0 Å². The molecule has 3 atom stereocenters. The summed E-state index contributed by atoms with van der Waals surface area (Å²) in [6.07, 6.45) is 1.15. The van der Waals surface area contributed by atoms with Crippen molar-refractivity contribution in [3.8, 4) is 0 Å². The van der Waals surface area contributed by atoms with Crippen LogP contribution >= 0.6 is 34.8 Å². The minimum Gasteiger partial charge on any atom is -0.368 e. The first-order chi connectivity index (χ1) is 7.86. The fourth-order valence-corrected chi connectivity index (χ4v) is 3.20. The van der Waals surface area contributed by atoms with Crippen molar-refractivity contribution in [1.82, 2.24) is 0 Å². The van der Waals surface area contributed by atoms with E-state index in [4.69, 9.17) is 39.5 Å². The van der Waals surface area contributed by atoms with Gasteiger partial charge in [0.2, 0.25) is 10.5 Å². The zero-order valence-corrected chi connectivity index (χ0v) is 11.3. The van der Waals surface area contributed by atoms with Crippen LogP contribution in [-0.2, 0) is 19.1 Å². The van der Waals surface area contributed by atoms with Crippen LogP contribution in [0.3, 0.4) is 0 Å². The molecule has 1 saturated carbocycles. The molecule has 0 aromatic carbocycles. The second-order valence-corrected chi connectivity index (χ2v) is 5.04. The summed E-state index contributed by atoms with van der Waals surface area (Å²) < 4.78 is 5.10. The first-order valence-corrected chi connectivity index (χ1v) is 6.14. The topological polar surface area (TPSA) is 60.4 Å². The third kappa shape index (κ3) is 2.65. The summed E-state index contributed by atoms with van der Waals surface area (Å²) in [6.45, 7) is 0. The third-order valence-corrected chi connectivity index (χ3v) is 4.04. The molecule has 0 aromatic heterocycles. The van der Waals surface area contributed by atoms with E-state index in [1.54, 1.807) is 0 Å². The van der Waals surface area contributed by atoms with Gasteiger partial charge in [-0.25, -0.2) is 0 Å². The Bertz CT molecular complexity index is 357. The molecule has 0 spiro atoms. The van der Waals surface area contributed by atoms with Crippen LogP contribution in [0, 0.1) is 11.8 Å². The van der Waals surface area contributed by atoms with Crippen LogP contribution in [0.25, 0.3) is 0 Å². The van der Waals surface area contributed by atoms with Gasteiger partial charge in [-0.2, -0.15) is 0 Å². The average Bonchev–Trinajstić information content (AvgIpc) is 2.27. The van der Waals surface area contributed by atoms with Gasteiger partial charge in [0, 0.05) is 13.0 Å². The van der Waals surface area contributed by atoms with Crippen LogP contribution in [0.2, 0.25) is 0 Å². The molecule has 17 heavy (non-hydrogen) atoms. The van der Waals surface area contributed by atoms with E-state index in [1.165, 1.54) is 7.11 Å². The Kier molecular flexibility index (Phi) is 4.95. The maximum absolute atomic E-state index is 11.5. The molecular formula is C10H11Cl3O4. The highest BCUT2D eigenvalue weighted by molar-refractivity contribution is 6.69. The molecule has 3 unspecified atom stereocenters. The maximum Gasteiger partial charge on any atom is 0.254 e. The van der Waals surface area contributed by atoms with Crippen molar-refractivity contribution < 1.29 is 19.1 Å². The lowest BCUT2D eigenvalue weighted by atomic mass is 9.70. The SMILES string of the molecule is COC1(C(=O)Cl)CCCC(C(=O)Cl)C1C(=O)Cl. The number of methoxy groups -OCH3 is 1. The maximum atomic E-state index is 11.5. The van der Waals surface area contributed by atoms with Gasteiger partial charge in [0.05, 0.1) is 5.92 Å². The monoisotopic (exact) mass is 300 g/mol. The second-order valence-electron chi connectivity index (χ2n) is 3.95. The third-order valence-electron chi connectivity index (χ3n) is 3.20. The number of carbonyl (C=O) groups is 3. The molecule has 0 aromatic rings. The minimum atomic E-state index is -1.55. The molecule has 1 fully saturated rings. The average molecular weight is 302 g/mol.